The highest BCUT2D eigenvalue weighted by molar-refractivity contribution is 5.81. The lowest BCUT2D eigenvalue weighted by molar-refractivity contribution is -0.121. The molecular formula is C17H34N4O. The Morgan fingerprint density at radius 2 is 1.82 bits per heavy atom. The van der Waals surface area contributed by atoms with Crippen molar-refractivity contribution in [2.45, 2.75) is 71.3 Å². The molecule has 1 saturated carbocycles. The second-order valence-electron chi connectivity index (χ2n) is 6.54. The lowest BCUT2D eigenvalue weighted by Crippen LogP contribution is -2.40. The Morgan fingerprint density at radius 3 is 2.45 bits per heavy atom. The molecule has 1 fully saturated rings. The van der Waals surface area contributed by atoms with Crippen LogP contribution in [0.25, 0.3) is 0 Å². The standard InChI is InChI=1S/C17H34N4O/c1-14(2)21-16(22)11-13-20-17(18-3)19-12-7-10-15-8-5-4-6-9-15/h14-15H,4-13H2,1-3H3,(H,21,22)(H2,18,19,20). The van der Waals surface area contributed by atoms with Gasteiger partial charge in [-0.2, -0.15) is 0 Å². The fourth-order valence-electron chi connectivity index (χ4n) is 2.98. The van der Waals surface area contributed by atoms with Crippen LogP contribution in [-0.2, 0) is 4.79 Å². The molecule has 1 aliphatic rings. The van der Waals surface area contributed by atoms with Crippen molar-refractivity contribution in [2.75, 3.05) is 20.1 Å². The van der Waals surface area contributed by atoms with Gasteiger partial charge in [0, 0.05) is 32.6 Å². The maximum atomic E-state index is 11.5. The van der Waals surface area contributed by atoms with E-state index in [1.807, 2.05) is 13.8 Å². The second kappa shape index (κ2) is 11.3. The minimum absolute atomic E-state index is 0.0789. The number of carbonyl (C=O) groups excluding carboxylic acids is 1. The maximum Gasteiger partial charge on any atom is 0.221 e. The van der Waals surface area contributed by atoms with Gasteiger partial charge in [-0.15, -0.1) is 0 Å². The van der Waals surface area contributed by atoms with Crippen molar-refractivity contribution in [3.8, 4) is 0 Å². The third-order valence-corrected chi connectivity index (χ3v) is 4.12. The van der Waals surface area contributed by atoms with Crippen LogP contribution in [-0.4, -0.2) is 38.0 Å². The molecule has 1 rings (SSSR count). The number of rotatable bonds is 8. The van der Waals surface area contributed by atoms with Crippen LogP contribution in [0.2, 0.25) is 0 Å². The van der Waals surface area contributed by atoms with Crippen molar-refractivity contribution < 1.29 is 4.79 Å². The van der Waals surface area contributed by atoms with Crippen molar-refractivity contribution >= 4 is 11.9 Å². The van der Waals surface area contributed by atoms with Crippen LogP contribution in [0.1, 0.15) is 65.2 Å². The molecule has 5 nitrogen and oxygen atoms in total. The van der Waals surface area contributed by atoms with E-state index in [-0.39, 0.29) is 11.9 Å². The van der Waals surface area contributed by atoms with E-state index in [1.54, 1.807) is 7.05 Å². The van der Waals surface area contributed by atoms with Gasteiger partial charge in [0.1, 0.15) is 0 Å². The molecule has 1 amide bonds. The summed E-state index contributed by atoms with van der Waals surface area (Å²) in [4.78, 5) is 15.7. The average Bonchev–Trinajstić information content (AvgIpc) is 2.50. The predicted octanol–water partition coefficient (Wildman–Crippen LogP) is 2.43. The third kappa shape index (κ3) is 8.90. The van der Waals surface area contributed by atoms with Gasteiger partial charge in [-0.05, 0) is 32.6 Å². The number of nitrogens with one attached hydrogen (secondary N) is 3. The number of aliphatic imine (C=N–C) groups is 1. The van der Waals surface area contributed by atoms with E-state index in [4.69, 9.17) is 0 Å². The summed E-state index contributed by atoms with van der Waals surface area (Å²) < 4.78 is 0. The summed E-state index contributed by atoms with van der Waals surface area (Å²) in [5.74, 6) is 1.81. The van der Waals surface area contributed by atoms with Gasteiger partial charge in [-0.1, -0.05) is 32.1 Å². The molecule has 22 heavy (non-hydrogen) atoms. The van der Waals surface area contributed by atoms with Crippen LogP contribution in [0.4, 0.5) is 0 Å². The Kier molecular flexibility index (Phi) is 9.67. The van der Waals surface area contributed by atoms with Crippen molar-refractivity contribution in [1.82, 2.24) is 16.0 Å². The molecule has 0 unspecified atom stereocenters. The first-order chi connectivity index (χ1) is 10.6. The largest absolute Gasteiger partial charge is 0.356 e. The smallest absolute Gasteiger partial charge is 0.221 e. The fraction of sp³-hybridized carbons (Fsp3) is 0.882. The molecule has 128 valence electrons. The van der Waals surface area contributed by atoms with Gasteiger partial charge in [0.15, 0.2) is 5.96 Å². The van der Waals surface area contributed by atoms with E-state index < -0.39 is 0 Å². The van der Waals surface area contributed by atoms with Crippen LogP contribution >= 0.6 is 0 Å². The van der Waals surface area contributed by atoms with E-state index in [0.717, 1.165) is 18.4 Å². The number of amides is 1. The Labute approximate surface area is 135 Å². The van der Waals surface area contributed by atoms with E-state index in [0.29, 0.717) is 13.0 Å². The average molecular weight is 310 g/mol. The third-order valence-electron chi connectivity index (χ3n) is 4.12. The normalized spacial score (nSPS) is 16.6. The first kappa shape index (κ1) is 18.8. The molecule has 0 radical (unpaired) electrons. The van der Waals surface area contributed by atoms with Gasteiger partial charge < -0.3 is 16.0 Å². The molecule has 0 bridgehead atoms. The summed E-state index contributed by atoms with van der Waals surface area (Å²) in [6, 6.07) is 0.199. The molecular weight excluding hydrogens is 276 g/mol. The van der Waals surface area contributed by atoms with Crippen molar-refractivity contribution in [3.63, 3.8) is 0 Å². The molecule has 0 aromatic rings. The minimum atomic E-state index is 0.0789. The van der Waals surface area contributed by atoms with Gasteiger partial charge in [0.25, 0.3) is 0 Å². The molecule has 0 aromatic carbocycles. The molecule has 0 atom stereocenters. The zero-order valence-electron chi connectivity index (χ0n) is 14.6. The number of hydrogen-bond donors (Lipinski definition) is 3. The SMILES string of the molecule is CN=C(NCCCC1CCCCC1)NCCC(=O)NC(C)C. The van der Waals surface area contributed by atoms with Crippen molar-refractivity contribution in [2.24, 2.45) is 10.9 Å². The summed E-state index contributed by atoms with van der Waals surface area (Å²) in [5.41, 5.74) is 0. The highest BCUT2D eigenvalue weighted by atomic mass is 16.1. The van der Waals surface area contributed by atoms with E-state index >= 15 is 0 Å². The van der Waals surface area contributed by atoms with Crippen molar-refractivity contribution in [3.05, 3.63) is 0 Å². The number of guanidine groups is 1. The molecule has 0 aromatic heterocycles. The Bertz CT molecular complexity index is 336. The highest BCUT2D eigenvalue weighted by Gasteiger charge is 2.12. The zero-order chi connectivity index (χ0) is 16.2. The molecule has 0 spiro atoms. The van der Waals surface area contributed by atoms with Crippen LogP contribution < -0.4 is 16.0 Å². The summed E-state index contributed by atoms with van der Waals surface area (Å²) in [6.45, 7) is 5.51. The monoisotopic (exact) mass is 310 g/mol. The molecule has 0 heterocycles. The maximum absolute atomic E-state index is 11.5. The van der Waals surface area contributed by atoms with Gasteiger partial charge in [-0.3, -0.25) is 9.79 Å². The molecule has 5 heteroatoms. The van der Waals surface area contributed by atoms with Gasteiger partial charge >= 0.3 is 0 Å². The van der Waals surface area contributed by atoms with Crippen LogP contribution in [0.15, 0.2) is 4.99 Å². The Morgan fingerprint density at radius 1 is 1.14 bits per heavy atom. The predicted molar refractivity (Wildman–Crippen MR) is 93.1 cm³/mol. The van der Waals surface area contributed by atoms with Gasteiger partial charge in [0.2, 0.25) is 5.91 Å². The summed E-state index contributed by atoms with van der Waals surface area (Å²) >= 11 is 0. The quantitative estimate of drug-likeness (QED) is 0.366. The molecule has 0 aliphatic heterocycles. The van der Waals surface area contributed by atoms with Crippen LogP contribution in [0, 0.1) is 5.92 Å². The topological polar surface area (TPSA) is 65.5 Å². The molecule has 1 aliphatic carbocycles. The number of carbonyl (C=O) groups is 1. The lowest BCUT2D eigenvalue weighted by Gasteiger charge is -2.21. The van der Waals surface area contributed by atoms with Crippen LogP contribution in [0.5, 0.6) is 0 Å². The summed E-state index contributed by atoms with van der Waals surface area (Å²) in [7, 11) is 1.77. The van der Waals surface area contributed by atoms with E-state index in [2.05, 4.69) is 20.9 Å². The van der Waals surface area contributed by atoms with E-state index in [1.165, 1.54) is 44.9 Å². The number of nitrogens with zero attached hydrogens (tertiary/aromatic N) is 1. The Balaban J connectivity index is 2.05. The lowest BCUT2D eigenvalue weighted by atomic mass is 9.86. The molecule has 3 N–H and O–H groups in total. The zero-order valence-corrected chi connectivity index (χ0v) is 14.6. The van der Waals surface area contributed by atoms with Crippen molar-refractivity contribution in [1.29, 1.82) is 0 Å². The van der Waals surface area contributed by atoms with Crippen LogP contribution in [0.3, 0.4) is 0 Å². The number of hydrogen-bond acceptors (Lipinski definition) is 2. The van der Waals surface area contributed by atoms with Gasteiger partial charge in [0.05, 0.1) is 0 Å². The highest BCUT2D eigenvalue weighted by Crippen LogP contribution is 2.26. The van der Waals surface area contributed by atoms with Gasteiger partial charge in [-0.25, -0.2) is 0 Å². The Hall–Kier alpha value is -1.26. The first-order valence-corrected chi connectivity index (χ1v) is 8.85. The fourth-order valence-corrected chi connectivity index (χ4v) is 2.98. The first-order valence-electron chi connectivity index (χ1n) is 8.85. The van der Waals surface area contributed by atoms with E-state index in [9.17, 15) is 4.79 Å². The second-order valence-corrected chi connectivity index (χ2v) is 6.54. The minimum Gasteiger partial charge on any atom is -0.356 e. The summed E-state index contributed by atoms with van der Waals surface area (Å²) in [6.07, 6.45) is 10.1. The molecule has 0 saturated heterocycles. The summed E-state index contributed by atoms with van der Waals surface area (Å²) in [5, 5.41) is 9.40.